The van der Waals surface area contributed by atoms with E-state index in [-0.39, 0.29) is 75.9 Å². The van der Waals surface area contributed by atoms with Crippen molar-refractivity contribution in [2.75, 3.05) is 19.8 Å². The molecule has 1 saturated heterocycles. The number of unbranched alkanes of at least 4 members (excludes halogenated alkanes) is 42. The van der Waals surface area contributed by atoms with Crippen LogP contribution in [0.25, 0.3) is 0 Å². The van der Waals surface area contributed by atoms with E-state index in [1.807, 2.05) is 0 Å². The van der Waals surface area contributed by atoms with Crippen LogP contribution in [0.5, 0.6) is 0 Å². The first-order valence-electron chi connectivity index (χ1n) is 42.0. The average Bonchev–Trinajstić information content (AvgIpc) is 1.71. The number of hydrogen-bond acceptors (Lipinski definition) is 15. The molecule has 0 radical (unpaired) electrons. The number of nitrogens with one attached hydrogen (secondary N) is 3. The number of carbonyl (C=O) groups is 6. The molecular weight excluding hydrogens is 1300 g/mol. The van der Waals surface area contributed by atoms with Gasteiger partial charge < -0.3 is 44.7 Å². The molecule has 0 saturated carbocycles. The Balaban J connectivity index is 3.66. The van der Waals surface area contributed by atoms with Gasteiger partial charge in [0.1, 0.15) is 30.5 Å². The highest BCUT2D eigenvalue weighted by atomic mass is 32.3. The topological polar surface area (TPSA) is 268 Å². The molecule has 0 bridgehead atoms. The van der Waals surface area contributed by atoms with Crippen LogP contribution in [0.3, 0.4) is 0 Å². The van der Waals surface area contributed by atoms with Gasteiger partial charge in [-0.25, -0.2) is 4.18 Å². The fraction of sp³-hybridized carbons (Fsp3) is 0.926. The van der Waals surface area contributed by atoms with Gasteiger partial charge in [-0.3, -0.25) is 33.3 Å². The van der Waals surface area contributed by atoms with Crippen molar-refractivity contribution in [3.63, 3.8) is 0 Å². The molecule has 0 spiro atoms. The normalized spacial score (nSPS) is 17.2. The van der Waals surface area contributed by atoms with Crippen LogP contribution in [0.15, 0.2) is 0 Å². The fourth-order valence-corrected chi connectivity index (χ4v) is 14.2. The molecule has 0 aromatic rings. The van der Waals surface area contributed by atoms with E-state index in [9.17, 15) is 46.8 Å². The maximum Gasteiger partial charge on any atom is 0.397 e. The van der Waals surface area contributed by atoms with Gasteiger partial charge in [-0.15, -0.1) is 0 Å². The van der Waals surface area contributed by atoms with Crippen LogP contribution in [0.1, 0.15) is 414 Å². The lowest BCUT2D eigenvalue weighted by atomic mass is 9.98. The third-order valence-corrected chi connectivity index (χ3v) is 20.2. The number of aliphatic hydroxyl groups is 1. The lowest BCUT2D eigenvalue weighted by Crippen LogP contribution is -2.53. The quantitative estimate of drug-likeness (QED) is 0.0164. The Hall–Kier alpha value is -3.43. The first-order chi connectivity index (χ1) is 49.0. The van der Waals surface area contributed by atoms with Crippen molar-refractivity contribution in [2.24, 2.45) is 0 Å². The highest BCUT2D eigenvalue weighted by Crippen LogP contribution is 2.28. The van der Waals surface area contributed by atoms with Crippen molar-refractivity contribution in [1.82, 2.24) is 16.0 Å². The molecule has 8 atom stereocenters. The Labute approximate surface area is 616 Å². The van der Waals surface area contributed by atoms with E-state index in [1.54, 1.807) is 0 Å². The van der Waals surface area contributed by atoms with Crippen LogP contribution in [-0.4, -0.2) is 122 Å². The third-order valence-electron chi connectivity index (χ3n) is 19.7. The minimum absolute atomic E-state index is 0.0662. The number of ether oxygens (including phenoxy) is 5. The Morgan fingerprint density at radius 1 is 0.396 bits per heavy atom. The molecule has 101 heavy (non-hydrogen) atoms. The molecule has 20 heteroatoms. The number of amides is 3. The lowest BCUT2D eigenvalue weighted by molar-refractivity contribution is -0.199. The molecule has 1 rings (SSSR count). The number of aliphatic hydroxyl groups excluding tert-OH is 1. The fourth-order valence-electron chi connectivity index (χ4n) is 13.6. The zero-order valence-corrected chi connectivity index (χ0v) is 66.1. The minimum atomic E-state index is -5.30. The molecule has 1 aliphatic heterocycles. The zero-order chi connectivity index (χ0) is 74.1. The van der Waals surface area contributed by atoms with Gasteiger partial charge in [0.25, 0.3) is 0 Å². The molecule has 3 amide bonds. The summed E-state index contributed by atoms with van der Waals surface area (Å²) in [5, 5.41) is 19.8. The first-order valence-corrected chi connectivity index (χ1v) is 43.4. The standard InChI is InChI=1S/C81H153N3O16S/c1-7-13-19-25-31-34-40-43-49-55-68(96-77(89)58-52-46-37-28-22-16-10-4)63-74(86)82-61-62-95-81-72(84-76(88)65-70(57-51-45-42-36-33-27-21-15-9-3)98-79(91)60-54-48-39-30-24-18-12-6)66-71(80(73(67-85)99-81)100-101(92,93)94)83-75(87)64-69(56-50-44-41-35-32-26-20-14-8-2)97-78(90)59-53-47-38-29-23-17-11-5/h68-73,80-81,85H,7-67H2,1-6H3,(H,82,86)(H,83,87)(H,84,88)(H,92,93,94)/t68-,69-,70-,71?,72?,73?,80+,81-/m1/s1. The van der Waals surface area contributed by atoms with Crippen molar-refractivity contribution in [3.8, 4) is 0 Å². The van der Waals surface area contributed by atoms with Gasteiger partial charge in [-0.1, -0.05) is 311 Å². The number of hydrogen-bond donors (Lipinski definition) is 5. The van der Waals surface area contributed by atoms with Crippen LogP contribution < -0.4 is 16.0 Å². The van der Waals surface area contributed by atoms with Gasteiger partial charge in [0.05, 0.1) is 44.6 Å². The van der Waals surface area contributed by atoms with Gasteiger partial charge in [0.15, 0.2) is 6.29 Å². The summed E-state index contributed by atoms with van der Waals surface area (Å²) < 4.78 is 72.1. The first kappa shape index (κ1) is 95.6. The van der Waals surface area contributed by atoms with E-state index < -0.39 is 83.7 Å². The molecule has 19 nitrogen and oxygen atoms in total. The summed E-state index contributed by atoms with van der Waals surface area (Å²) in [6, 6.07) is -2.59. The van der Waals surface area contributed by atoms with Crippen LogP contribution in [0.2, 0.25) is 0 Å². The molecule has 1 heterocycles. The summed E-state index contributed by atoms with van der Waals surface area (Å²) in [5.74, 6) is -2.68. The second kappa shape index (κ2) is 67.2. The predicted octanol–water partition coefficient (Wildman–Crippen LogP) is 19.5. The molecular formula is C81H153N3O16S. The van der Waals surface area contributed by atoms with Crippen molar-refractivity contribution < 1.29 is 74.7 Å². The summed E-state index contributed by atoms with van der Waals surface area (Å²) in [7, 11) is -5.30. The largest absolute Gasteiger partial charge is 0.462 e. The number of rotatable bonds is 72. The molecule has 0 aliphatic carbocycles. The highest BCUT2D eigenvalue weighted by molar-refractivity contribution is 7.80. The zero-order valence-electron chi connectivity index (χ0n) is 65.3. The summed E-state index contributed by atoms with van der Waals surface area (Å²) in [5.41, 5.74) is 0. The van der Waals surface area contributed by atoms with Crippen molar-refractivity contribution in [3.05, 3.63) is 0 Å². The lowest BCUT2D eigenvalue weighted by Gasteiger charge is -2.29. The number of carbonyl (C=O) groups excluding carboxylic acids is 6. The van der Waals surface area contributed by atoms with Gasteiger partial charge >= 0.3 is 28.3 Å². The maximum atomic E-state index is 14.7. The van der Waals surface area contributed by atoms with Gasteiger partial charge in [-0.2, -0.15) is 8.42 Å². The van der Waals surface area contributed by atoms with Crippen molar-refractivity contribution in [2.45, 2.75) is 463 Å². The minimum Gasteiger partial charge on any atom is -0.462 e. The molecule has 1 fully saturated rings. The van der Waals surface area contributed by atoms with E-state index in [0.29, 0.717) is 38.5 Å². The third kappa shape index (κ3) is 57.5. The second-order valence-electron chi connectivity index (χ2n) is 29.4. The van der Waals surface area contributed by atoms with Crippen molar-refractivity contribution in [1.29, 1.82) is 0 Å². The molecule has 1 aliphatic rings. The Morgan fingerprint density at radius 3 is 0.970 bits per heavy atom. The predicted molar refractivity (Wildman–Crippen MR) is 406 cm³/mol. The molecule has 0 aromatic carbocycles. The summed E-state index contributed by atoms with van der Waals surface area (Å²) >= 11 is 0. The Morgan fingerprint density at radius 2 is 0.673 bits per heavy atom. The molecule has 594 valence electrons. The Bertz CT molecular complexity index is 2120. The van der Waals surface area contributed by atoms with Gasteiger partial charge in [0, 0.05) is 25.8 Å². The summed E-state index contributed by atoms with van der Waals surface area (Å²) in [4.78, 5) is 83.2. The van der Waals surface area contributed by atoms with E-state index in [1.165, 1.54) is 116 Å². The van der Waals surface area contributed by atoms with Crippen LogP contribution in [-0.2, 0) is 67.0 Å². The van der Waals surface area contributed by atoms with Crippen molar-refractivity contribution >= 4 is 46.0 Å². The van der Waals surface area contributed by atoms with E-state index >= 15 is 0 Å². The van der Waals surface area contributed by atoms with E-state index in [2.05, 4.69) is 57.5 Å². The average molecular weight is 1460 g/mol. The number of esters is 3. The maximum absolute atomic E-state index is 14.7. The summed E-state index contributed by atoms with van der Waals surface area (Å²) in [6.45, 7) is 12.0. The highest BCUT2D eigenvalue weighted by Gasteiger charge is 2.45. The van der Waals surface area contributed by atoms with Gasteiger partial charge in [-0.05, 0) is 64.2 Å². The second-order valence-corrected chi connectivity index (χ2v) is 30.5. The van der Waals surface area contributed by atoms with E-state index in [4.69, 9.17) is 27.9 Å². The van der Waals surface area contributed by atoms with Crippen LogP contribution in [0.4, 0.5) is 0 Å². The molecule has 0 aromatic heterocycles. The van der Waals surface area contributed by atoms with Crippen LogP contribution in [0, 0.1) is 0 Å². The van der Waals surface area contributed by atoms with Crippen LogP contribution >= 0.6 is 0 Å². The summed E-state index contributed by atoms with van der Waals surface area (Å²) in [6.07, 6.45) is 45.1. The van der Waals surface area contributed by atoms with Gasteiger partial charge in [0.2, 0.25) is 17.7 Å². The monoisotopic (exact) mass is 1460 g/mol. The molecule has 5 N–H and O–H groups in total. The Kier molecular flexibility index (Phi) is 63.6. The smallest absolute Gasteiger partial charge is 0.397 e. The SMILES string of the molecule is CCCCCCCCCCC[C@H](CC(=O)NCCO[C@@H]1OC(CO)[C@@H](OS(=O)(=O)O)C(NC(=O)C[C@@H](CCCCCCCCCCC)OC(=O)CCCCCCCCC)CC1NC(=O)C[C@@H](CCCCCCCCCCC)OC(=O)CCCCCCCCC)OC(=O)CCCCCCCCC. The van der Waals surface area contributed by atoms with E-state index in [0.717, 1.165) is 173 Å². The molecule has 3 unspecified atom stereocenters.